The van der Waals surface area contributed by atoms with Crippen molar-refractivity contribution in [1.82, 2.24) is 5.32 Å². The van der Waals surface area contributed by atoms with E-state index < -0.39 is 11.8 Å². The van der Waals surface area contributed by atoms with Crippen LogP contribution in [0.5, 0.6) is 11.5 Å². The van der Waals surface area contributed by atoms with E-state index in [0.717, 1.165) is 11.1 Å². The van der Waals surface area contributed by atoms with Gasteiger partial charge in [0.1, 0.15) is 0 Å². The van der Waals surface area contributed by atoms with Gasteiger partial charge in [0.25, 0.3) is 0 Å². The SMILES string of the molecule is COc1ccc(NC(=O)C(=O)NCC(C)(C)c2ccccc2C)cc1OC. The summed E-state index contributed by atoms with van der Waals surface area (Å²) in [5.41, 5.74) is 2.42. The molecule has 2 N–H and O–H groups in total. The molecule has 0 aliphatic rings. The molecule has 0 bridgehead atoms. The lowest BCUT2D eigenvalue weighted by molar-refractivity contribution is -0.136. The van der Waals surface area contributed by atoms with E-state index in [-0.39, 0.29) is 5.41 Å². The Hall–Kier alpha value is -3.02. The third kappa shape index (κ3) is 5.00. The fraction of sp³-hybridized carbons (Fsp3) is 0.333. The molecule has 2 aromatic carbocycles. The third-order valence-electron chi connectivity index (χ3n) is 4.41. The molecular formula is C21H26N2O4. The average Bonchev–Trinajstić information content (AvgIpc) is 2.66. The smallest absolute Gasteiger partial charge is 0.313 e. The van der Waals surface area contributed by atoms with Gasteiger partial charge in [0.15, 0.2) is 11.5 Å². The van der Waals surface area contributed by atoms with Gasteiger partial charge in [-0.05, 0) is 30.2 Å². The molecule has 0 heterocycles. The van der Waals surface area contributed by atoms with Gasteiger partial charge in [-0.3, -0.25) is 9.59 Å². The Labute approximate surface area is 159 Å². The van der Waals surface area contributed by atoms with Crippen LogP contribution in [0.4, 0.5) is 5.69 Å². The van der Waals surface area contributed by atoms with E-state index in [1.54, 1.807) is 18.2 Å². The van der Waals surface area contributed by atoms with E-state index >= 15 is 0 Å². The molecule has 0 saturated heterocycles. The Morgan fingerprint density at radius 1 is 0.963 bits per heavy atom. The summed E-state index contributed by atoms with van der Waals surface area (Å²) < 4.78 is 10.3. The second-order valence-electron chi connectivity index (χ2n) is 6.91. The molecule has 0 aliphatic heterocycles. The lowest BCUT2D eigenvalue weighted by atomic mass is 9.82. The van der Waals surface area contributed by atoms with Gasteiger partial charge in [0.05, 0.1) is 14.2 Å². The highest BCUT2D eigenvalue weighted by Crippen LogP contribution is 2.29. The zero-order valence-electron chi connectivity index (χ0n) is 16.4. The number of hydrogen-bond donors (Lipinski definition) is 2. The van der Waals surface area contributed by atoms with Gasteiger partial charge in [-0.15, -0.1) is 0 Å². The van der Waals surface area contributed by atoms with Crippen molar-refractivity contribution in [3.8, 4) is 11.5 Å². The van der Waals surface area contributed by atoms with E-state index in [9.17, 15) is 9.59 Å². The van der Waals surface area contributed by atoms with Crippen molar-refractivity contribution < 1.29 is 19.1 Å². The maximum Gasteiger partial charge on any atom is 0.313 e. The average molecular weight is 370 g/mol. The summed E-state index contributed by atoms with van der Waals surface area (Å²) >= 11 is 0. The van der Waals surface area contributed by atoms with Crippen LogP contribution < -0.4 is 20.1 Å². The summed E-state index contributed by atoms with van der Waals surface area (Å²) in [6.07, 6.45) is 0. The van der Waals surface area contributed by atoms with E-state index in [4.69, 9.17) is 9.47 Å². The number of ether oxygens (including phenoxy) is 2. The van der Waals surface area contributed by atoms with Gasteiger partial charge in [-0.25, -0.2) is 0 Å². The molecule has 0 saturated carbocycles. The number of carbonyl (C=O) groups excluding carboxylic acids is 2. The first-order valence-corrected chi connectivity index (χ1v) is 8.66. The number of rotatable bonds is 6. The van der Waals surface area contributed by atoms with Crippen LogP contribution in [0.3, 0.4) is 0 Å². The second-order valence-corrected chi connectivity index (χ2v) is 6.91. The molecule has 0 spiro atoms. The summed E-state index contributed by atoms with van der Waals surface area (Å²) in [6.45, 7) is 6.43. The fourth-order valence-electron chi connectivity index (χ4n) is 2.91. The van der Waals surface area contributed by atoms with Crippen molar-refractivity contribution in [3.05, 3.63) is 53.6 Å². The maximum atomic E-state index is 12.2. The number of carbonyl (C=O) groups is 2. The molecule has 2 amide bonds. The van der Waals surface area contributed by atoms with Crippen molar-refractivity contribution in [2.24, 2.45) is 0 Å². The number of amides is 2. The van der Waals surface area contributed by atoms with Gasteiger partial charge in [-0.1, -0.05) is 38.1 Å². The van der Waals surface area contributed by atoms with Crippen LogP contribution in [0, 0.1) is 6.92 Å². The Morgan fingerprint density at radius 3 is 2.26 bits per heavy atom. The van der Waals surface area contributed by atoms with Gasteiger partial charge >= 0.3 is 11.8 Å². The number of methoxy groups -OCH3 is 2. The van der Waals surface area contributed by atoms with Gasteiger partial charge in [0.2, 0.25) is 0 Å². The van der Waals surface area contributed by atoms with Crippen molar-refractivity contribution in [2.45, 2.75) is 26.2 Å². The molecule has 2 rings (SSSR count). The van der Waals surface area contributed by atoms with Crippen LogP contribution in [-0.4, -0.2) is 32.6 Å². The van der Waals surface area contributed by atoms with Crippen LogP contribution in [0.2, 0.25) is 0 Å². The van der Waals surface area contributed by atoms with E-state index in [2.05, 4.69) is 10.6 Å². The first kappa shape index (κ1) is 20.3. The lowest BCUT2D eigenvalue weighted by Crippen LogP contribution is -2.42. The largest absolute Gasteiger partial charge is 0.493 e. The summed E-state index contributed by atoms with van der Waals surface area (Å²) in [7, 11) is 3.03. The van der Waals surface area contributed by atoms with Crippen LogP contribution in [0.15, 0.2) is 42.5 Å². The minimum absolute atomic E-state index is 0.301. The second kappa shape index (κ2) is 8.58. The molecule has 2 aromatic rings. The molecule has 0 aromatic heterocycles. The first-order valence-electron chi connectivity index (χ1n) is 8.66. The molecule has 0 atom stereocenters. The van der Waals surface area contributed by atoms with Crippen molar-refractivity contribution >= 4 is 17.5 Å². The normalized spacial score (nSPS) is 10.9. The number of nitrogens with one attached hydrogen (secondary N) is 2. The monoisotopic (exact) mass is 370 g/mol. The van der Waals surface area contributed by atoms with Crippen molar-refractivity contribution in [3.63, 3.8) is 0 Å². The Morgan fingerprint density at radius 2 is 1.63 bits per heavy atom. The van der Waals surface area contributed by atoms with Gasteiger partial charge < -0.3 is 20.1 Å². The minimum atomic E-state index is -0.734. The predicted molar refractivity (Wildman–Crippen MR) is 105 cm³/mol. The Bertz CT molecular complexity index is 831. The molecule has 144 valence electrons. The molecular weight excluding hydrogens is 344 g/mol. The zero-order valence-corrected chi connectivity index (χ0v) is 16.4. The summed E-state index contributed by atoms with van der Waals surface area (Å²) in [5.74, 6) is -0.412. The quantitative estimate of drug-likeness (QED) is 0.767. The summed E-state index contributed by atoms with van der Waals surface area (Å²) in [6, 6.07) is 12.9. The predicted octanol–water partition coefficient (Wildman–Crippen LogP) is 3.04. The Kier molecular flexibility index (Phi) is 6.45. The highest BCUT2D eigenvalue weighted by molar-refractivity contribution is 6.39. The van der Waals surface area contributed by atoms with E-state index in [1.165, 1.54) is 14.2 Å². The van der Waals surface area contributed by atoms with E-state index in [1.807, 2.05) is 45.0 Å². The summed E-state index contributed by atoms with van der Waals surface area (Å²) in [5, 5.41) is 5.28. The van der Waals surface area contributed by atoms with Gasteiger partial charge in [-0.2, -0.15) is 0 Å². The van der Waals surface area contributed by atoms with Crippen LogP contribution in [0.1, 0.15) is 25.0 Å². The first-order chi connectivity index (χ1) is 12.8. The van der Waals surface area contributed by atoms with E-state index in [0.29, 0.717) is 23.7 Å². The Balaban J connectivity index is 2.00. The number of hydrogen-bond acceptors (Lipinski definition) is 4. The molecule has 27 heavy (non-hydrogen) atoms. The van der Waals surface area contributed by atoms with Crippen LogP contribution in [-0.2, 0) is 15.0 Å². The standard InChI is InChI=1S/C21H26N2O4/c1-14-8-6-7-9-16(14)21(2,3)13-22-19(24)20(25)23-15-10-11-17(26-4)18(12-15)27-5/h6-12H,13H2,1-5H3,(H,22,24)(H,23,25). The molecule has 0 aliphatic carbocycles. The molecule has 0 unspecified atom stereocenters. The lowest BCUT2D eigenvalue weighted by Gasteiger charge is -2.27. The summed E-state index contributed by atoms with van der Waals surface area (Å²) in [4.78, 5) is 24.4. The number of anilines is 1. The molecule has 6 heteroatoms. The highest BCUT2D eigenvalue weighted by Gasteiger charge is 2.24. The molecule has 6 nitrogen and oxygen atoms in total. The van der Waals surface area contributed by atoms with Gasteiger partial charge in [0, 0.05) is 23.7 Å². The van der Waals surface area contributed by atoms with Crippen molar-refractivity contribution in [2.75, 3.05) is 26.1 Å². The van der Waals surface area contributed by atoms with Crippen LogP contribution >= 0.6 is 0 Å². The van der Waals surface area contributed by atoms with Crippen molar-refractivity contribution in [1.29, 1.82) is 0 Å². The molecule has 0 fully saturated rings. The topological polar surface area (TPSA) is 76.7 Å². The molecule has 0 radical (unpaired) electrons. The number of aryl methyl sites for hydroxylation is 1. The number of benzene rings is 2. The third-order valence-corrected chi connectivity index (χ3v) is 4.41. The zero-order chi connectivity index (χ0) is 20.0. The maximum absolute atomic E-state index is 12.2. The van der Waals surface area contributed by atoms with Crippen LogP contribution in [0.25, 0.3) is 0 Å². The fourth-order valence-corrected chi connectivity index (χ4v) is 2.91. The highest BCUT2D eigenvalue weighted by atomic mass is 16.5. The minimum Gasteiger partial charge on any atom is -0.493 e.